The van der Waals surface area contributed by atoms with Crippen LogP contribution in [0.3, 0.4) is 0 Å². The van der Waals surface area contributed by atoms with E-state index in [4.69, 9.17) is 38.3 Å². The minimum absolute atomic E-state index is 0.419. The summed E-state index contributed by atoms with van der Waals surface area (Å²) in [6, 6.07) is 18.0. The molecule has 6 aromatic rings. The lowest BCUT2D eigenvalue weighted by Gasteiger charge is -2.06. The molecular weight excluding hydrogens is 507 g/mol. The maximum Gasteiger partial charge on any atom is 0.174 e. The van der Waals surface area contributed by atoms with Crippen molar-refractivity contribution in [2.24, 2.45) is 0 Å². The van der Waals surface area contributed by atoms with E-state index in [0.29, 0.717) is 33.9 Å². The Morgan fingerprint density at radius 2 is 1.88 bits per heavy atom. The SMILES string of the molecule is Clc1cnc(-n2nc(Cc3c[nH]c4ccccc34)nc2CSc2nc3ccccc3s2)c(Cl)c1. The number of H-pyrrole nitrogens is 1. The van der Waals surface area contributed by atoms with Gasteiger partial charge in [0.05, 0.1) is 26.0 Å². The quantitative estimate of drug-likeness (QED) is 0.239. The molecule has 0 saturated heterocycles. The molecular formula is C24H16Cl2N6S2. The van der Waals surface area contributed by atoms with Crippen molar-refractivity contribution in [3.8, 4) is 5.82 Å². The third kappa shape index (κ3) is 4.18. The first kappa shape index (κ1) is 21.6. The molecule has 4 aromatic heterocycles. The van der Waals surface area contributed by atoms with E-state index in [9.17, 15) is 0 Å². The number of nitrogens with one attached hydrogen (secondary N) is 1. The van der Waals surface area contributed by atoms with E-state index in [1.807, 2.05) is 36.5 Å². The monoisotopic (exact) mass is 522 g/mol. The van der Waals surface area contributed by atoms with Crippen LogP contribution in [0.15, 0.2) is 71.3 Å². The first-order chi connectivity index (χ1) is 16.6. The summed E-state index contributed by atoms with van der Waals surface area (Å²) >= 11 is 15.8. The van der Waals surface area contributed by atoms with Gasteiger partial charge >= 0.3 is 0 Å². The number of fused-ring (bicyclic) bond motifs is 2. The minimum Gasteiger partial charge on any atom is -0.361 e. The van der Waals surface area contributed by atoms with E-state index in [-0.39, 0.29) is 0 Å². The van der Waals surface area contributed by atoms with Crippen LogP contribution in [0.1, 0.15) is 17.2 Å². The van der Waals surface area contributed by atoms with Crippen LogP contribution in [0.4, 0.5) is 0 Å². The molecule has 6 rings (SSSR count). The van der Waals surface area contributed by atoms with Crippen molar-refractivity contribution in [3.05, 3.63) is 94.2 Å². The molecule has 10 heteroatoms. The summed E-state index contributed by atoms with van der Waals surface area (Å²) in [6.07, 6.45) is 4.16. The van der Waals surface area contributed by atoms with Crippen LogP contribution < -0.4 is 0 Å². The van der Waals surface area contributed by atoms with Gasteiger partial charge in [0.2, 0.25) is 0 Å². The molecule has 1 N–H and O–H groups in total. The lowest BCUT2D eigenvalue weighted by molar-refractivity contribution is 0.793. The van der Waals surface area contributed by atoms with Gasteiger partial charge in [-0.05, 0) is 29.8 Å². The zero-order valence-electron chi connectivity index (χ0n) is 17.6. The fourth-order valence-electron chi connectivity index (χ4n) is 3.78. The lowest BCUT2D eigenvalue weighted by atomic mass is 10.1. The Hall–Kier alpha value is -2.91. The Morgan fingerprint density at radius 3 is 2.76 bits per heavy atom. The molecule has 0 atom stereocenters. The molecule has 2 aromatic carbocycles. The first-order valence-electron chi connectivity index (χ1n) is 10.4. The highest BCUT2D eigenvalue weighted by molar-refractivity contribution is 8.00. The van der Waals surface area contributed by atoms with Gasteiger partial charge in [-0.2, -0.15) is 4.68 Å². The number of thioether (sulfide) groups is 1. The van der Waals surface area contributed by atoms with Gasteiger partial charge < -0.3 is 4.98 Å². The summed E-state index contributed by atoms with van der Waals surface area (Å²) in [7, 11) is 0. The predicted octanol–water partition coefficient (Wildman–Crippen LogP) is 6.94. The second-order valence-electron chi connectivity index (χ2n) is 7.59. The molecule has 0 spiro atoms. The molecule has 0 amide bonds. The van der Waals surface area contributed by atoms with Gasteiger partial charge in [0.15, 0.2) is 16.0 Å². The van der Waals surface area contributed by atoms with E-state index in [1.54, 1.807) is 40.0 Å². The van der Waals surface area contributed by atoms with Crippen LogP contribution in [-0.2, 0) is 12.2 Å². The van der Waals surface area contributed by atoms with Crippen molar-refractivity contribution >= 4 is 67.4 Å². The molecule has 4 heterocycles. The fourth-order valence-corrected chi connectivity index (χ4v) is 6.22. The molecule has 0 radical (unpaired) electrons. The molecule has 34 heavy (non-hydrogen) atoms. The van der Waals surface area contributed by atoms with E-state index >= 15 is 0 Å². The van der Waals surface area contributed by atoms with Gasteiger partial charge in [0.1, 0.15) is 5.82 Å². The molecule has 0 aliphatic rings. The number of thiazole rings is 1. The van der Waals surface area contributed by atoms with Gasteiger partial charge in [0.25, 0.3) is 0 Å². The first-order valence-corrected chi connectivity index (χ1v) is 13.0. The standard InChI is InChI=1S/C24H16Cl2N6S2/c25-15-10-17(26)23(28-12-15)32-22(13-33-24-29-19-7-3-4-8-20(19)34-24)30-21(31-32)9-14-11-27-18-6-2-1-5-16(14)18/h1-8,10-12,27H,9,13H2. The Morgan fingerprint density at radius 1 is 1.03 bits per heavy atom. The highest BCUT2D eigenvalue weighted by Gasteiger charge is 2.18. The van der Waals surface area contributed by atoms with Crippen molar-refractivity contribution < 1.29 is 0 Å². The van der Waals surface area contributed by atoms with Crippen LogP contribution in [0.5, 0.6) is 0 Å². The van der Waals surface area contributed by atoms with Crippen LogP contribution >= 0.6 is 46.3 Å². The Labute approximate surface area is 213 Å². The number of halogens is 2. The summed E-state index contributed by atoms with van der Waals surface area (Å²) in [5, 5.41) is 6.83. The van der Waals surface area contributed by atoms with E-state index in [1.165, 1.54) is 0 Å². The molecule has 0 saturated carbocycles. The highest BCUT2D eigenvalue weighted by Crippen LogP contribution is 2.32. The number of rotatable bonds is 6. The second-order valence-corrected chi connectivity index (χ2v) is 10.7. The van der Waals surface area contributed by atoms with Crippen molar-refractivity contribution in [1.82, 2.24) is 29.7 Å². The number of para-hydroxylation sites is 2. The summed E-state index contributed by atoms with van der Waals surface area (Å²) < 4.78 is 3.85. The normalized spacial score (nSPS) is 11.6. The molecule has 0 unspecified atom stereocenters. The summed E-state index contributed by atoms with van der Waals surface area (Å²) in [6.45, 7) is 0. The third-order valence-corrected chi connectivity index (χ3v) is 7.99. The summed E-state index contributed by atoms with van der Waals surface area (Å²) in [4.78, 5) is 17.3. The van der Waals surface area contributed by atoms with Crippen molar-refractivity contribution in [1.29, 1.82) is 0 Å². The minimum atomic E-state index is 0.419. The smallest absolute Gasteiger partial charge is 0.174 e. The third-order valence-electron chi connectivity index (χ3n) is 5.33. The number of hydrogen-bond acceptors (Lipinski definition) is 6. The van der Waals surface area contributed by atoms with Crippen LogP contribution in [0, 0.1) is 0 Å². The van der Waals surface area contributed by atoms with Crippen LogP contribution in [-0.4, -0.2) is 29.7 Å². The second kappa shape index (κ2) is 9.03. The average molecular weight is 523 g/mol. The Kier molecular flexibility index (Phi) is 5.74. The topological polar surface area (TPSA) is 72.3 Å². The average Bonchev–Trinajstić information content (AvgIpc) is 3.55. The van der Waals surface area contributed by atoms with Crippen molar-refractivity contribution in [2.75, 3.05) is 0 Å². The Bertz CT molecular complexity index is 1600. The molecule has 168 valence electrons. The number of nitrogens with zero attached hydrogens (tertiary/aromatic N) is 5. The van der Waals surface area contributed by atoms with Gasteiger partial charge in [-0.15, -0.1) is 16.4 Å². The fraction of sp³-hybridized carbons (Fsp3) is 0.0833. The van der Waals surface area contributed by atoms with Crippen molar-refractivity contribution in [2.45, 2.75) is 16.5 Å². The predicted molar refractivity (Wildman–Crippen MR) is 139 cm³/mol. The lowest BCUT2D eigenvalue weighted by Crippen LogP contribution is -2.05. The number of aromatic amines is 1. The van der Waals surface area contributed by atoms with Gasteiger partial charge in [-0.1, -0.05) is 65.3 Å². The van der Waals surface area contributed by atoms with E-state index in [2.05, 4.69) is 28.2 Å². The number of hydrogen-bond donors (Lipinski definition) is 1. The van der Waals surface area contributed by atoms with Gasteiger partial charge in [-0.25, -0.2) is 15.0 Å². The largest absolute Gasteiger partial charge is 0.361 e. The molecule has 0 fully saturated rings. The van der Waals surface area contributed by atoms with E-state index in [0.717, 1.165) is 36.8 Å². The van der Waals surface area contributed by atoms with Gasteiger partial charge in [-0.3, -0.25) is 0 Å². The Balaban J connectivity index is 1.35. The highest BCUT2D eigenvalue weighted by atomic mass is 35.5. The van der Waals surface area contributed by atoms with Crippen LogP contribution in [0.2, 0.25) is 10.0 Å². The van der Waals surface area contributed by atoms with E-state index < -0.39 is 0 Å². The van der Waals surface area contributed by atoms with Gasteiger partial charge in [0, 0.05) is 29.7 Å². The molecule has 0 aliphatic heterocycles. The molecule has 0 aliphatic carbocycles. The molecule has 0 bridgehead atoms. The van der Waals surface area contributed by atoms with Crippen LogP contribution in [0.25, 0.3) is 26.9 Å². The number of pyridine rings is 1. The zero-order chi connectivity index (χ0) is 23.1. The maximum atomic E-state index is 6.48. The maximum absolute atomic E-state index is 6.48. The van der Waals surface area contributed by atoms with Crippen molar-refractivity contribution in [3.63, 3.8) is 0 Å². The number of benzene rings is 2. The zero-order valence-corrected chi connectivity index (χ0v) is 20.7. The molecule has 6 nitrogen and oxygen atoms in total. The number of aromatic nitrogens is 6. The summed E-state index contributed by atoms with van der Waals surface area (Å²) in [5.74, 6) is 2.51. The summed E-state index contributed by atoms with van der Waals surface area (Å²) in [5.41, 5.74) is 3.22.